The number of benzene rings is 2. The van der Waals surface area contributed by atoms with E-state index in [1.165, 1.54) is 0 Å². The number of methoxy groups -OCH3 is 1. The van der Waals surface area contributed by atoms with Crippen LogP contribution in [-0.4, -0.2) is 13.7 Å². The molecule has 0 fully saturated rings. The van der Waals surface area contributed by atoms with Gasteiger partial charge in [0, 0.05) is 12.0 Å². The van der Waals surface area contributed by atoms with E-state index >= 15 is 0 Å². The average molecular weight is 304 g/mol. The number of terminal acetylenes is 1. The second kappa shape index (κ2) is 8.69. The molecule has 0 N–H and O–H groups in total. The lowest BCUT2D eigenvalue weighted by atomic mass is 10.1. The van der Waals surface area contributed by atoms with Gasteiger partial charge in [0.25, 0.3) is 0 Å². The van der Waals surface area contributed by atoms with Crippen LogP contribution in [0.5, 0.6) is 5.75 Å². The Morgan fingerprint density at radius 2 is 1.91 bits per heavy atom. The molecule has 2 nitrogen and oxygen atoms in total. The average Bonchev–Trinajstić information content (AvgIpc) is 2.59. The zero-order valence-electron chi connectivity index (χ0n) is 13.5. The lowest BCUT2D eigenvalue weighted by Gasteiger charge is -2.14. The minimum Gasteiger partial charge on any atom is -0.497 e. The zero-order valence-corrected chi connectivity index (χ0v) is 13.5. The van der Waals surface area contributed by atoms with Crippen LogP contribution >= 0.6 is 0 Å². The summed E-state index contributed by atoms with van der Waals surface area (Å²) in [5, 5.41) is 0. The van der Waals surface area contributed by atoms with Crippen LogP contribution in [0.15, 0.2) is 48.5 Å². The van der Waals surface area contributed by atoms with Crippen molar-refractivity contribution in [2.24, 2.45) is 0 Å². The largest absolute Gasteiger partial charge is 0.497 e. The van der Waals surface area contributed by atoms with Gasteiger partial charge in [-0.15, -0.1) is 6.42 Å². The number of ether oxygens (including phenoxy) is 2. The molecule has 2 aromatic carbocycles. The number of aryl methyl sites for hydroxylation is 1. The summed E-state index contributed by atoms with van der Waals surface area (Å²) in [5.74, 6) is 9.76. The molecule has 0 unspecified atom stereocenters. The summed E-state index contributed by atoms with van der Waals surface area (Å²) in [6.07, 6.45) is 5.78. The first-order chi connectivity index (χ1) is 11.2. The Hall–Kier alpha value is -2.68. The number of hydrogen-bond acceptors (Lipinski definition) is 2. The van der Waals surface area contributed by atoms with Gasteiger partial charge in [0.05, 0.1) is 13.2 Å². The van der Waals surface area contributed by atoms with Gasteiger partial charge < -0.3 is 9.47 Å². The summed E-state index contributed by atoms with van der Waals surface area (Å²) in [6.45, 7) is 2.30. The maximum absolute atomic E-state index is 5.72. The summed E-state index contributed by atoms with van der Waals surface area (Å²) in [7, 11) is 1.66. The third kappa shape index (κ3) is 4.92. The first-order valence-electron chi connectivity index (χ1n) is 7.48. The van der Waals surface area contributed by atoms with Gasteiger partial charge in [-0.05, 0) is 36.2 Å². The monoisotopic (exact) mass is 304 g/mol. The van der Waals surface area contributed by atoms with Crippen LogP contribution in [0.3, 0.4) is 0 Å². The molecule has 0 heterocycles. The Bertz CT molecular complexity index is 730. The predicted octanol–water partition coefficient (Wildman–Crippen LogP) is 4.14. The molecule has 0 aromatic heterocycles. The van der Waals surface area contributed by atoms with Crippen molar-refractivity contribution in [3.05, 3.63) is 65.2 Å². The fourth-order valence-electron chi connectivity index (χ4n) is 2.23. The van der Waals surface area contributed by atoms with Gasteiger partial charge in [0.1, 0.15) is 12.4 Å². The number of rotatable bonds is 5. The van der Waals surface area contributed by atoms with Crippen LogP contribution in [0, 0.1) is 31.1 Å². The lowest BCUT2D eigenvalue weighted by molar-refractivity contribution is 0.0819. The molecular weight excluding hydrogens is 284 g/mol. The molecule has 2 heteroatoms. The minimum absolute atomic E-state index is 0.113. The van der Waals surface area contributed by atoms with Crippen LogP contribution in [0.25, 0.3) is 0 Å². The predicted molar refractivity (Wildman–Crippen MR) is 93.2 cm³/mol. The van der Waals surface area contributed by atoms with Crippen molar-refractivity contribution >= 4 is 0 Å². The Morgan fingerprint density at radius 1 is 1.13 bits per heavy atom. The molecular formula is C21H20O2. The van der Waals surface area contributed by atoms with Crippen LogP contribution in [0.2, 0.25) is 0 Å². The van der Waals surface area contributed by atoms with Crippen LogP contribution in [-0.2, 0) is 4.74 Å². The van der Waals surface area contributed by atoms with Gasteiger partial charge in [-0.3, -0.25) is 0 Å². The highest BCUT2D eigenvalue weighted by Gasteiger charge is 2.09. The Balaban J connectivity index is 2.11. The highest BCUT2D eigenvalue weighted by atomic mass is 16.5. The fourth-order valence-corrected chi connectivity index (χ4v) is 2.23. The van der Waals surface area contributed by atoms with E-state index in [1.54, 1.807) is 7.11 Å². The van der Waals surface area contributed by atoms with Gasteiger partial charge in [-0.1, -0.05) is 48.1 Å². The topological polar surface area (TPSA) is 18.5 Å². The molecule has 116 valence electrons. The summed E-state index contributed by atoms with van der Waals surface area (Å²) in [6, 6.07) is 15.9. The zero-order chi connectivity index (χ0) is 16.5. The molecule has 0 saturated carbocycles. The molecule has 0 aliphatic heterocycles. The van der Waals surface area contributed by atoms with Crippen molar-refractivity contribution in [2.75, 3.05) is 13.7 Å². The van der Waals surface area contributed by atoms with Crippen LogP contribution in [0.1, 0.15) is 29.2 Å². The molecule has 0 amide bonds. The van der Waals surface area contributed by atoms with Crippen molar-refractivity contribution in [3.63, 3.8) is 0 Å². The smallest absolute Gasteiger partial charge is 0.119 e. The summed E-state index contributed by atoms with van der Waals surface area (Å²) >= 11 is 0. The second-order valence-electron chi connectivity index (χ2n) is 5.10. The molecule has 0 aliphatic carbocycles. The molecule has 2 aromatic rings. The van der Waals surface area contributed by atoms with Crippen LogP contribution in [0.4, 0.5) is 0 Å². The van der Waals surface area contributed by atoms with E-state index in [0.29, 0.717) is 6.42 Å². The fraction of sp³-hybridized carbons (Fsp3) is 0.238. The van der Waals surface area contributed by atoms with Gasteiger partial charge in [0.15, 0.2) is 0 Å². The SMILES string of the molecule is C#CCO[C@H](CC#Cc1ccc(OC)cc1C)c1ccccc1. The van der Waals surface area contributed by atoms with Gasteiger partial charge >= 0.3 is 0 Å². The number of hydrogen-bond donors (Lipinski definition) is 0. The van der Waals surface area contributed by atoms with Crippen molar-refractivity contribution in [2.45, 2.75) is 19.4 Å². The maximum Gasteiger partial charge on any atom is 0.119 e. The van der Waals surface area contributed by atoms with Crippen molar-refractivity contribution in [3.8, 4) is 29.9 Å². The van der Waals surface area contributed by atoms with Crippen molar-refractivity contribution in [1.29, 1.82) is 0 Å². The molecule has 2 rings (SSSR count). The summed E-state index contributed by atoms with van der Waals surface area (Å²) < 4.78 is 10.9. The van der Waals surface area contributed by atoms with E-state index in [0.717, 1.165) is 22.4 Å². The molecule has 0 spiro atoms. The highest BCUT2D eigenvalue weighted by Crippen LogP contribution is 2.21. The first kappa shape index (κ1) is 16.7. The molecule has 0 aliphatic rings. The minimum atomic E-state index is -0.113. The Morgan fingerprint density at radius 3 is 2.57 bits per heavy atom. The highest BCUT2D eigenvalue weighted by molar-refractivity contribution is 5.44. The van der Waals surface area contributed by atoms with Crippen molar-refractivity contribution in [1.82, 2.24) is 0 Å². The third-order valence-corrected chi connectivity index (χ3v) is 3.48. The quantitative estimate of drug-likeness (QED) is 0.773. The van der Waals surface area contributed by atoms with Gasteiger partial charge in [0.2, 0.25) is 0 Å². The van der Waals surface area contributed by atoms with Gasteiger partial charge in [-0.25, -0.2) is 0 Å². The Labute approximate surface area is 138 Å². The maximum atomic E-state index is 5.72. The van der Waals surface area contributed by atoms with Crippen molar-refractivity contribution < 1.29 is 9.47 Å². The molecule has 23 heavy (non-hydrogen) atoms. The van der Waals surface area contributed by atoms with E-state index in [9.17, 15) is 0 Å². The molecule has 0 bridgehead atoms. The standard InChI is InChI=1S/C21H20O2/c1-4-15-23-21(19-9-6-5-7-10-19)12-8-11-18-13-14-20(22-3)16-17(18)2/h1,5-7,9-10,13-14,16,21H,12,15H2,2-3H3/t21-/m1/s1. The third-order valence-electron chi connectivity index (χ3n) is 3.48. The lowest BCUT2D eigenvalue weighted by Crippen LogP contribution is -2.04. The van der Waals surface area contributed by atoms with E-state index in [-0.39, 0.29) is 12.7 Å². The Kier molecular flexibility index (Phi) is 6.30. The second-order valence-corrected chi connectivity index (χ2v) is 5.10. The van der Waals surface area contributed by atoms with E-state index in [2.05, 4.69) is 17.8 Å². The van der Waals surface area contributed by atoms with Gasteiger partial charge in [-0.2, -0.15) is 0 Å². The first-order valence-corrected chi connectivity index (χ1v) is 7.48. The molecule has 1 atom stereocenters. The van der Waals surface area contributed by atoms with E-state index in [1.807, 2.05) is 55.5 Å². The summed E-state index contributed by atoms with van der Waals surface area (Å²) in [4.78, 5) is 0. The molecule has 0 radical (unpaired) electrons. The molecule has 0 saturated heterocycles. The van der Waals surface area contributed by atoms with E-state index in [4.69, 9.17) is 15.9 Å². The normalized spacial score (nSPS) is 11.0. The van der Waals surface area contributed by atoms with E-state index < -0.39 is 0 Å². The van der Waals surface area contributed by atoms with Crippen LogP contribution < -0.4 is 4.74 Å². The summed E-state index contributed by atoms with van der Waals surface area (Å²) in [5.41, 5.74) is 3.18.